The van der Waals surface area contributed by atoms with Crippen molar-refractivity contribution < 1.29 is 0 Å². The van der Waals surface area contributed by atoms with Gasteiger partial charge >= 0.3 is 0 Å². The van der Waals surface area contributed by atoms with Crippen LogP contribution in [0.2, 0.25) is 0 Å². The van der Waals surface area contributed by atoms with Gasteiger partial charge in [0.1, 0.15) is 5.82 Å². The van der Waals surface area contributed by atoms with Crippen molar-refractivity contribution in [1.29, 1.82) is 0 Å². The minimum Gasteiger partial charge on any atom is -0.324 e. The van der Waals surface area contributed by atoms with Gasteiger partial charge in [0.25, 0.3) is 5.56 Å². The molecule has 0 radical (unpaired) electrons. The molecule has 4 aromatic rings. The number of rotatable bonds is 4. The molecule has 5 rings (SSSR count). The highest BCUT2D eigenvalue weighted by Crippen LogP contribution is 2.25. The van der Waals surface area contributed by atoms with Gasteiger partial charge in [0.05, 0.1) is 33.7 Å². The maximum Gasteiger partial charge on any atom is 0.255 e. The zero-order valence-electron chi connectivity index (χ0n) is 16.6. The first-order valence-corrected chi connectivity index (χ1v) is 10.8. The van der Waals surface area contributed by atoms with Crippen LogP contribution in [0.15, 0.2) is 46.6 Å². The highest BCUT2D eigenvalue weighted by Gasteiger charge is 2.24. The molecule has 3 aromatic heterocycles. The van der Waals surface area contributed by atoms with E-state index in [1.807, 2.05) is 23.6 Å². The summed E-state index contributed by atoms with van der Waals surface area (Å²) in [4.78, 5) is 28.6. The first-order valence-electron chi connectivity index (χ1n) is 9.94. The summed E-state index contributed by atoms with van der Waals surface area (Å²) in [5.41, 5.74) is 3.86. The third-order valence-electron chi connectivity index (χ3n) is 5.45. The Morgan fingerprint density at radius 3 is 2.83 bits per heavy atom. The number of imidazole rings is 1. The first-order chi connectivity index (χ1) is 14.1. The topological polar surface area (TPSA) is 66.8 Å². The van der Waals surface area contributed by atoms with E-state index >= 15 is 0 Å². The summed E-state index contributed by atoms with van der Waals surface area (Å²) < 4.78 is 2.30. The van der Waals surface area contributed by atoms with E-state index < -0.39 is 0 Å². The van der Waals surface area contributed by atoms with Crippen LogP contribution in [0.25, 0.3) is 21.7 Å². The lowest BCUT2D eigenvalue weighted by Crippen LogP contribution is -2.36. The van der Waals surface area contributed by atoms with E-state index in [-0.39, 0.29) is 5.56 Å². The monoisotopic (exact) mass is 405 g/mol. The summed E-state index contributed by atoms with van der Waals surface area (Å²) >= 11 is 1.59. The molecule has 29 heavy (non-hydrogen) atoms. The van der Waals surface area contributed by atoms with Gasteiger partial charge in [-0.25, -0.2) is 9.97 Å². The molecule has 1 N–H and O–H groups in total. The molecule has 1 aliphatic rings. The zero-order valence-corrected chi connectivity index (χ0v) is 17.4. The Labute approximate surface area is 172 Å². The van der Waals surface area contributed by atoms with Gasteiger partial charge < -0.3 is 9.55 Å². The lowest BCUT2D eigenvalue weighted by atomic mass is 10.1. The molecular formula is C22H23N5OS. The van der Waals surface area contributed by atoms with E-state index in [1.54, 1.807) is 11.3 Å². The number of H-pyrrole nitrogens is 1. The number of benzene rings is 1. The predicted molar refractivity (Wildman–Crippen MR) is 116 cm³/mol. The minimum atomic E-state index is -0.0273. The van der Waals surface area contributed by atoms with E-state index in [9.17, 15) is 4.79 Å². The van der Waals surface area contributed by atoms with Crippen LogP contribution < -0.4 is 5.56 Å². The summed E-state index contributed by atoms with van der Waals surface area (Å²) in [5.74, 6) is 1.73. The molecule has 0 amide bonds. The summed E-state index contributed by atoms with van der Waals surface area (Å²) in [6.07, 6.45) is 0.777. The van der Waals surface area contributed by atoms with Crippen LogP contribution in [0.3, 0.4) is 0 Å². The SMILES string of the molecule is CC(C)n1c(CN2CCc3nc(-c4cccs4)[nH]c(=O)c3C2)nc2ccccc21. The van der Waals surface area contributed by atoms with E-state index in [2.05, 4.69) is 46.5 Å². The maximum absolute atomic E-state index is 12.8. The molecular weight excluding hydrogens is 382 g/mol. The average molecular weight is 406 g/mol. The molecule has 4 heterocycles. The quantitative estimate of drug-likeness (QED) is 0.558. The minimum absolute atomic E-state index is 0.0273. The fraction of sp³-hybridized carbons (Fsp3) is 0.318. The van der Waals surface area contributed by atoms with Crippen LogP contribution in [0.1, 0.15) is 37.0 Å². The largest absolute Gasteiger partial charge is 0.324 e. The summed E-state index contributed by atoms with van der Waals surface area (Å²) in [6.45, 7) is 6.56. The molecule has 0 aliphatic carbocycles. The molecule has 0 bridgehead atoms. The number of fused-ring (bicyclic) bond motifs is 2. The molecule has 0 atom stereocenters. The molecule has 1 aliphatic heterocycles. The second kappa shape index (κ2) is 7.24. The van der Waals surface area contributed by atoms with Crippen molar-refractivity contribution in [3.8, 4) is 10.7 Å². The smallest absolute Gasteiger partial charge is 0.255 e. The number of hydrogen-bond acceptors (Lipinski definition) is 5. The Kier molecular flexibility index (Phi) is 4.56. The fourth-order valence-electron chi connectivity index (χ4n) is 4.13. The molecule has 0 unspecified atom stereocenters. The normalized spacial score (nSPS) is 14.6. The molecule has 0 spiro atoms. The summed E-state index contributed by atoms with van der Waals surface area (Å²) in [5, 5.41) is 2.00. The molecule has 0 fully saturated rings. The Bertz CT molecular complexity index is 1220. The van der Waals surface area contributed by atoms with Gasteiger partial charge in [-0.15, -0.1) is 11.3 Å². The highest BCUT2D eigenvalue weighted by atomic mass is 32.1. The van der Waals surface area contributed by atoms with Crippen LogP contribution in [0, 0.1) is 0 Å². The van der Waals surface area contributed by atoms with Crippen molar-refractivity contribution in [2.75, 3.05) is 6.54 Å². The van der Waals surface area contributed by atoms with Crippen LogP contribution >= 0.6 is 11.3 Å². The third kappa shape index (κ3) is 3.30. The predicted octanol–water partition coefficient (Wildman–Crippen LogP) is 3.99. The molecule has 6 nitrogen and oxygen atoms in total. The van der Waals surface area contributed by atoms with E-state index in [0.29, 0.717) is 18.4 Å². The fourth-order valence-corrected chi connectivity index (χ4v) is 4.80. The zero-order chi connectivity index (χ0) is 20.0. The van der Waals surface area contributed by atoms with Crippen molar-refractivity contribution in [3.05, 3.63) is 69.2 Å². The number of nitrogens with zero attached hydrogens (tertiary/aromatic N) is 4. The van der Waals surface area contributed by atoms with Gasteiger partial charge in [-0.1, -0.05) is 18.2 Å². The van der Waals surface area contributed by atoms with Crippen molar-refractivity contribution in [3.63, 3.8) is 0 Å². The Morgan fingerprint density at radius 1 is 1.17 bits per heavy atom. The molecule has 0 saturated carbocycles. The Hall–Kier alpha value is -2.77. The molecule has 148 valence electrons. The van der Waals surface area contributed by atoms with Crippen LogP contribution in [-0.4, -0.2) is 31.0 Å². The van der Waals surface area contributed by atoms with E-state index in [1.165, 1.54) is 0 Å². The van der Waals surface area contributed by atoms with Crippen LogP contribution in [-0.2, 0) is 19.5 Å². The number of para-hydroxylation sites is 2. The molecule has 0 saturated heterocycles. The van der Waals surface area contributed by atoms with E-state index in [4.69, 9.17) is 9.97 Å². The highest BCUT2D eigenvalue weighted by molar-refractivity contribution is 7.13. The van der Waals surface area contributed by atoms with Crippen molar-refractivity contribution in [2.45, 2.75) is 39.4 Å². The lowest BCUT2D eigenvalue weighted by molar-refractivity contribution is 0.232. The number of aromatic amines is 1. The Balaban J connectivity index is 1.44. The maximum atomic E-state index is 12.8. The summed E-state index contributed by atoms with van der Waals surface area (Å²) in [7, 11) is 0. The van der Waals surface area contributed by atoms with Gasteiger partial charge in [-0.05, 0) is 37.4 Å². The van der Waals surface area contributed by atoms with Gasteiger partial charge in [-0.3, -0.25) is 9.69 Å². The second-order valence-corrected chi connectivity index (χ2v) is 8.71. The summed E-state index contributed by atoms with van der Waals surface area (Å²) in [6, 6.07) is 12.6. The third-order valence-corrected chi connectivity index (χ3v) is 6.33. The van der Waals surface area contributed by atoms with Gasteiger partial charge in [0, 0.05) is 25.6 Å². The van der Waals surface area contributed by atoms with E-state index in [0.717, 1.165) is 52.5 Å². The second-order valence-electron chi connectivity index (χ2n) is 7.76. The number of nitrogens with one attached hydrogen (secondary N) is 1. The van der Waals surface area contributed by atoms with Crippen molar-refractivity contribution in [2.24, 2.45) is 0 Å². The Morgan fingerprint density at radius 2 is 2.03 bits per heavy atom. The first kappa shape index (κ1) is 18.3. The van der Waals surface area contributed by atoms with Crippen LogP contribution in [0.4, 0.5) is 0 Å². The standard InChI is InChI=1S/C22H23N5OS/c1-14(2)27-18-7-4-3-6-17(18)23-20(27)13-26-10-9-16-15(12-26)22(28)25-21(24-16)19-8-5-11-29-19/h3-8,11,14H,9-10,12-13H2,1-2H3,(H,24,25,28). The lowest BCUT2D eigenvalue weighted by Gasteiger charge is -2.28. The van der Waals surface area contributed by atoms with Gasteiger partial charge in [0.15, 0.2) is 5.82 Å². The molecule has 1 aromatic carbocycles. The number of aromatic nitrogens is 4. The van der Waals surface area contributed by atoms with Crippen molar-refractivity contribution >= 4 is 22.4 Å². The molecule has 7 heteroatoms. The van der Waals surface area contributed by atoms with Gasteiger partial charge in [-0.2, -0.15) is 0 Å². The van der Waals surface area contributed by atoms with Crippen molar-refractivity contribution in [1.82, 2.24) is 24.4 Å². The number of hydrogen-bond donors (Lipinski definition) is 1. The number of thiophene rings is 1. The van der Waals surface area contributed by atoms with Crippen LogP contribution in [0.5, 0.6) is 0 Å². The average Bonchev–Trinajstić information content (AvgIpc) is 3.36. The van der Waals surface area contributed by atoms with Gasteiger partial charge in [0.2, 0.25) is 0 Å².